The average Bonchev–Trinajstić information content (AvgIpc) is 2.38. The summed E-state index contributed by atoms with van der Waals surface area (Å²) in [6.45, 7) is 4.54. The van der Waals surface area contributed by atoms with Crippen molar-refractivity contribution < 1.29 is 4.74 Å². The summed E-state index contributed by atoms with van der Waals surface area (Å²) in [5, 5.41) is 0.676. The Kier molecular flexibility index (Phi) is 4.46. The van der Waals surface area contributed by atoms with Crippen molar-refractivity contribution in [1.29, 1.82) is 0 Å². The molecule has 2 aromatic carbocycles. The largest absolute Gasteiger partial charge is 0.489 e. The molecule has 2 aromatic rings. The van der Waals surface area contributed by atoms with Gasteiger partial charge in [-0.1, -0.05) is 35.9 Å². The first-order valence-corrected chi connectivity index (χ1v) is 6.68. The molecular formula is C16H18ClNO. The standard InChI is InChI=1S/C16H18ClNO/c1-11-5-3-4-6-13(11)10-19-16-8-7-14(17)9-15(16)12(2)18/h3-9,12H,10,18H2,1-2H3/t12-/m1/s1. The van der Waals surface area contributed by atoms with Gasteiger partial charge < -0.3 is 10.5 Å². The molecule has 3 heteroatoms. The van der Waals surface area contributed by atoms with E-state index in [2.05, 4.69) is 19.1 Å². The Hall–Kier alpha value is -1.51. The molecule has 1 atom stereocenters. The van der Waals surface area contributed by atoms with E-state index in [0.29, 0.717) is 11.6 Å². The van der Waals surface area contributed by atoms with E-state index in [4.69, 9.17) is 22.1 Å². The highest BCUT2D eigenvalue weighted by atomic mass is 35.5. The fourth-order valence-corrected chi connectivity index (χ4v) is 2.11. The minimum Gasteiger partial charge on any atom is -0.489 e. The molecule has 0 fully saturated rings. The van der Waals surface area contributed by atoms with Gasteiger partial charge in [0.1, 0.15) is 12.4 Å². The molecule has 0 saturated carbocycles. The van der Waals surface area contributed by atoms with Crippen LogP contribution in [0.25, 0.3) is 0 Å². The van der Waals surface area contributed by atoms with Gasteiger partial charge >= 0.3 is 0 Å². The van der Waals surface area contributed by atoms with Crippen molar-refractivity contribution in [3.8, 4) is 5.75 Å². The normalized spacial score (nSPS) is 12.2. The predicted octanol–water partition coefficient (Wildman–Crippen LogP) is 4.25. The third-order valence-corrected chi connectivity index (χ3v) is 3.34. The molecule has 2 rings (SSSR count). The number of rotatable bonds is 4. The Morgan fingerprint density at radius 3 is 2.63 bits per heavy atom. The van der Waals surface area contributed by atoms with Gasteiger partial charge in [-0.2, -0.15) is 0 Å². The molecule has 0 spiro atoms. The minimum absolute atomic E-state index is 0.106. The van der Waals surface area contributed by atoms with Crippen LogP contribution in [0.1, 0.15) is 29.7 Å². The molecule has 100 valence electrons. The Bertz CT molecular complexity index is 566. The molecule has 0 heterocycles. The number of nitrogens with two attached hydrogens (primary N) is 1. The van der Waals surface area contributed by atoms with Gasteiger partial charge in [0.05, 0.1) is 0 Å². The van der Waals surface area contributed by atoms with E-state index in [9.17, 15) is 0 Å². The maximum Gasteiger partial charge on any atom is 0.124 e. The molecule has 0 aliphatic carbocycles. The van der Waals surface area contributed by atoms with Crippen molar-refractivity contribution in [3.05, 3.63) is 64.2 Å². The second-order valence-electron chi connectivity index (χ2n) is 4.69. The number of benzene rings is 2. The summed E-state index contributed by atoms with van der Waals surface area (Å²) >= 11 is 5.99. The van der Waals surface area contributed by atoms with Gasteiger partial charge in [-0.15, -0.1) is 0 Å². The van der Waals surface area contributed by atoms with E-state index in [1.807, 2.05) is 37.3 Å². The van der Waals surface area contributed by atoms with E-state index in [-0.39, 0.29) is 6.04 Å². The molecule has 0 unspecified atom stereocenters. The zero-order valence-corrected chi connectivity index (χ0v) is 11.9. The van der Waals surface area contributed by atoms with Gasteiger partial charge in [0.2, 0.25) is 0 Å². The summed E-state index contributed by atoms with van der Waals surface area (Å²) in [5.41, 5.74) is 9.27. The first-order valence-electron chi connectivity index (χ1n) is 6.30. The summed E-state index contributed by atoms with van der Waals surface area (Å²) in [7, 11) is 0. The molecule has 19 heavy (non-hydrogen) atoms. The molecule has 0 bridgehead atoms. The van der Waals surface area contributed by atoms with Gasteiger partial charge in [0.25, 0.3) is 0 Å². The topological polar surface area (TPSA) is 35.2 Å². The first-order chi connectivity index (χ1) is 9.08. The summed E-state index contributed by atoms with van der Waals surface area (Å²) in [6, 6.07) is 13.6. The molecule has 2 nitrogen and oxygen atoms in total. The summed E-state index contributed by atoms with van der Waals surface area (Å²) < 4.78 is 5.88. The van der Waals surface area contributed by atoms with Crippen molar-refractivity contribution in [2.45, 2.75) is 26.5 Å². The van der Waals surface area contributed by atoms with Crippen molar-refractivity contribution in [1.82, 2.24) is 0 Å². The highest BCUT2D eigenvalue weighted by Crippen LogP contribution is 2.28. The SMILES string of the molecule is Cc1ccccc1COc1ccc(Cl)cc1[C@@H](C)N. The fraction of sp³-hybridized carbons (Fsp3) is 0.250. The van der Waals surface area contributed by atoms with Crippen LogP contribution < -0.4 is 10.5 Å². The van der Waals surface area contributed by atoms with E-state index in [0.717, 1.165) is 11.3 Å². The maximum atomic E-state index is 5.99. The highest BCUT2D eigenvalue weighted by molar-refractivity contribution is 6.30. The zero-order chi connectivity index (χ0) is 13.8. The van der Waals surface area contributed by atoms with E-state index < -0.39 is 0 Å². The monoisotopic (exact) mass is 275 g/mol. The number of aryl methyl sites for hydroxylation is 1. The van der Waals surface area contributed by atoms with Crippen LogP contribution >= 0.6 is 11.6 Å². The third-order valence-electron chi connectivity index (χ3n) is 3.11. The van der Waals surface area contributed by atoms with Crippen LogP contribution in [0.3, 0.4) is 0 Å². The lowest BCUT2D eigenvalue weighted by Crippen LogP contribution is -2.08. The molecule has 0 saturated heterocycles. The summed E-state index contributed by atoms with van der Waals surface area (Å²) in [5.74, 6) is 0.794. The Morgan fingerprint density at radius 2 is 1.95 bits per heavy atom. The van der Waals surface area contributed by atoms with Gasteiger partial charge in [0.15, 0.2) is 0 Å². The van der Waals surface area contributed by atoms with Crippen LogP contribution in [0.2, 0.25) is 5.02 Å². The Morgan fingerprint density at radius 1 is 1.21 bits per heavy atom. The average molecular weight is 276 g/mol. The van der Waals surface area contributed by atoms with Crippen molar-refractivity contribution >= 4 is 11.6 Å². The van der Waals surface area contributed by atoms with E-state index in [1.165, 1.54) is 11.1 Å². The van der Waals surface area contributed by atoms with Crippen LogP contribution in [0.4, 0.5) is 0 Å². The number of hydrogen-bond acceptors (Lipinski definition) is 2. The van der Waals surface area contributed by atoms with Gasteiger partial charge in [0, 0.05) is 16.6 Å². The Labute approximate surface area is 119 Å². The molecule has 0 amide bonds. The number of hydrogen-bond donors (Lipinski definition) is 1. The van der Waals surface area contributed by atoms with Crippen LogP contribution in [0.5, 0.6) is 5.75 Å². The maximum absolute atomic E-state index is 5.99. The Balaban J connectivity index is 2.18. The van der Waals surface area contributed by atoms with Crippen LogP contribution in [-0.4, -0.2) is 0 Å². The van der Waals surface area contributed by atoms with Crippen LogP contribution in [-0.2, 0) is 6.61 Å². The number of halogens is 1. The van der Waals surface area contributed by atoms with Gasteiger partial charge in [-0.25, -0.2) is 0 Å². The smallest absolute Gasteiger partial charge is 0.124 e. The predicted molar refractivity (Wildman–Crippen MR) is 79.6 cm³/mol. The lowest BCUT2D eigenvalue weighted by Gasteiger charge is -2.15. The molecule has 0 radical (unpaired) electrons. The number of ether oxygens (including phenoxy) is 1. The van der Waals surface area contributed by atoms with Gasteiger partial charge in [-0.3, -0.25) is 0 Å². The first kappa shape index (κ1) is 13.9. The van der Waals surface area contributed by atoms with Crippen molar-refractivity contribution in [2.24, 2.45) is 5.73 Å². The lowest BCUT2D eigenvalue weighted by molar-refractivity contribution is 0.301. The molecular weight excluding hydrogens is 258 g/mol. The second kappa shape index (κ2) is 6.09. The fourth-order valence-electron chi connectivity index (χ4n) is 1.93. The van der Waals surface area contributed by atoms with E-state index >= 15 is 0 Å². The van der Waals surface area contributed by atoms with E-state index in [1.54, 1.807) is 0 Å². The molecule has 2 N–H and O–H groups in total. The molecule has 0 aromatic heterocycles. The highest BCUT2D eigenvalue weighted by Gasteiger charge is 2.09. The summed E-state index contributed by atoms with van der Waals surface area (Å²) in [6.07, 6.45) is 0. The quantitative estimate of drug-likeness (QED) is 0.905. The zero-order valence-electron chi connectivity index (χ0n) is 11.2. The van der Waals surface area contributed by atoms with Crippen LogP contribution in [0, 0.1) is 6.92 Å². The third kappa shape index (κ3) is 3.49. The molecule has 0 aliphatic heterocycles. The summed E-state index contributed by atoms with van der Waals surface area (Å²) in [4.78, 5) is 0. The minimum atomic E-state index is -0.106. The molecule has 0 aliphatic rings. The second-order valence-corrected chi connectivity index (χ2v) is 5.12. The van der Waals surface area contributed by atoms with Crippen LogP contribution in [0.15, 0.2) is 42.5 Å². The van der Waals surface area contributed by atoms with Crippen molar-refractivity contribution in [2.75, 3.05) is 0 Å². The van der Waals surface area contributed by atoms with Gasteiger partial charge in [-0.05, 0) is 43.2 Å². The lowest BCUT2D eigenvalue weighted by atomic mass is 10.1. The van der Waals surface area contributed by atoms with Crippen molar-refractivity contribution in [3.63, 3.8) is 0 Å².